The van der Waals surface area contributed by atoms with E-state index in [0.717, 1.165) is 12.7 Å². The molecule has 1 aromatic rings. The largest absolute Gasteiger partial charge is 0.405 e. The molecule has 12 heavy (non-hydrogen) atoms. The van der Waals surface area contributed by atoms with Crippen molar-refractivity contribution in [2.75, 3.05) is 11.9 Å². The minimum absolute atomic E-state index is 0.0812. The average molecular weight is 178 g/mol. The van der Waals surface area contributed by atoms with Crippen LogP contribution in [0.2, 0.25) is 0 Å². The van der Waals surface area contributed by atoms with Gasteiger partial charge in [0.2, 0.25) is 5.95 Å². The lowest BCUT2D eigenvalue weighted by molar-refractivity contribution is -0.115. The van der Waals surface area contributed by atoms with Gasteiger partial charge in [0.05, 0.1) is 0 Å². The molecule has 0 radical (unpaired) electrons. The third-order valence-electron chi connectivity index (χ3n) is 0.940. The van der Waals surface area contributed by atoms with Crippen molar-refractivity contribution in [2.45, 2.75) is 6.18 Å². The zero-order valence-electron chi connectivity index (χ0n) is 5.84. The number of alkyl halides is 3. The van der Waals surface area contributed by atoms with Gasteiger partial charge in [-0.25, -0.2) is 15.0 Å². The Labute approximate surface area is 65.9 Å². The van der Waals surface area contributed by atoms with Crippen molar-refractivity contribution in [1.29, 1.82) is 0 Å². The number of halogens is 3. The molecule has 0 unspecified atom stereocenters. The van der Waals surface area contributed by atoms with Crippen LogP contribution in [0.1, 0.15) is 0 Å². The molecule has 1 rings (SSSR count). The lowest BCUT2D eigenvalue weighted by Gasteiger charge is -2.06. The van der Waals surface area contributed by atoms with Gasteiger partial charge in [0, 0.05) is 0 Å². The van der Waals surface area contributed by atoms with Crippen LogP contribution in [0.4, 0.5) is 19.1 Å². The van der Waals surface area contributed by atoms with E-state index in [0.29, 0.717) is 0 Å². The predicted octanol–water partition coefficient (Wildman–Crippen LogP) is 0.846. The molecule has 0 bridgehead atoms. The van der Waals surface area contributed by atoms with Crippen molar-refractivity contribution in [3.8, 4) is 0 Å². The lowest BCUT2D eigenvalue weighted by atomic mass is 10.6. The highest BCUT2D eigenvalue weighted by Crippen LogP contribution is 2.13. The van der Waals surface area contributed by atoms with Gasteiger partial charge in [-0.2, -0.15) is 13.2 Å². The van der Waals surface area contributed by atoms with Crippen LogP contribution in [-0.4, -0.2) is 27.7 Å². The Morgan fingerprint density at radius 3 is 2.33 bits per heavy atom. The van der Waals surface area contributed by atoms with Crippen LogP contribution in [0.3, 0.4) is 0 Å². The molecule has 1 aromatic heterocycles. The molecular formula is C5H5F3N4. The molecule has 1 N–H and O–H groups in total. The molecule has 0 atom stereocenters. The normalized spacial score (nSPS) is 11.2. The molecular weight excluding hydrogens is 173 g/mol. The molecule has 0 saturated carbocycles. The van der Waals surface area contributed by atoms with Gasteiger partial charge in [-0.05, 0) is 0 Å². The molecule has 0 saturated heterocycles. The maximum Gasteiger partial charge on any atom is 0.405 e. The minimum Gasteiger partial charge on any atom is -0.345 e. The number of hydrogen-bond acceptors (Lipinski definition) is 4. The first-order valence-corrected chi connectivity index (χ1v) is 3.00. The second kappa shape index (κ2) is 3.33. The first-order valence-electron chi connectivity index (χ1n) is 3.00. The Balaban J connectivity index is 2.44. The van der Waals surface area contributed by atoms with Crippen molar-refractivity contribution in [1.82, 2.24) is 15.0 Å². The van der Waals surface area contributed by atoms with Crippen LogP contribution >= 0.6 is 0 Å². The number of aromatic nitrogens is 3. The van der Waals surface area contributed by atoms with Gasteiger partial charge in [-0.1, -0.05) is 0 Å². The van der Waals surface area contributed by atoms with E-state index in [9.17, 15) is 13.2 Å². The molecule has 0 spiro atoms. The molecule has 66 valence electrons. The summed E-state index contributed by atoms with van der Waals surface area (Å²) in [5, 5.41) is 2.00. The van der Waals surface area contributed by atoms with Crippen LogP contribution in [0.25, 0.3) is 0 Å². The van der Waals surface area contributed by atoms with Crippen molar-refractivity contribution < 1.29 is 13.2 Å². The molecule has 0 fully saturated rings. The van der Waals surface area contributed by atoms with Crippen molar-refractivity contribution in [3.05, 3.63) is 12.7 Å². The van der Waals surface area contributed by atoms with Crippen LogP contribution in [0.15, 0.2) is 12.7 Å². The summed E-state index contributed by atoms with van der Waals surface area (Å²) in [4.78, 5) is 10.3. The van der Waals surface area contributed by atoms with Gasteiger partial charge in [-0.3, -0.25) is 0 Å². The summed E-state index contributed by atoms with van der Waals surface area (Å²) in [5.74, 6) is -0.0812. The summed E-state index contributed by atoms with van der Waals surface area (Å²) in [6, 6.07) is 0. The molecule has 0 amide bonds. The summed E-state index contributed by atoms with van der Waals surface area (Å²) in [5.41, 5.74) is 0. The van der Waals surface area contributed by atoms with Crippen LogP contribution in [0.5, 0.6) is 0 Å². The van der Waals surface area contributed by atoms with Crippen molar-refractivity contribution in [3.63, 3.8) is 0 Å². The van der Waals surface area contributed by atoms with Gasteiger partial charge in [0.1, 0.15) is 19.2 Å². The second-order valence-electron chi connectivity index (χ2n) is 1.93. The zero-order valence-corrected chi connectivity index (χ0v) is 5.84. The van der Waals surface area contributed by atoms with E-state index in [1.54, 1.807) is 0 Å². The molecule has 4 nitrogen and oxygen atoms in total. The summed E-state index contributed by atoms with van der Waals surface area (Å²) in [6.45, 7) is -1.14. The number of nitrogens with one attached hydrogen (secondary N) is 1. The van der Waals surface area contributed by atoms with Gasteiger partial charge < -0.3 is 5.32 Å². The third-order valence-corrected chi connectivity index (χ3v) is 0.940. The molecule has 0 aliphatic heterocycles. The smallest absolute Gasteiger partial charge is 0.345 e. The molecule has 1 heterocycles. The highest BCUT2D eigenvalue weighted by atomic mass is 19.4. The Morgan fingerprint density at radius 2 is 1.83 bits per heavy atom. The Morgan fingerprint density at radius 1 is 1.25 bits per heavy atom. The second-order valence-corrected chi connectivity index (χ2v) is 1.93. The Kier molecular flexibility index (Phi) is 2.41. The van der Waals surface area contributed by atoms with E-state index in [4.69, 9.17) is 0 Å². The average Bonchev–Trinajstić information content (AvgIpc) is 2.02. The van der Waals surface area contributed by atoms with E-state index in [1.807, 2.05) is 5.32 Å². The summed E-state index contributed by atoms with van der Waals surface area (Å²) in [7, 11) is 0. The predicted molar refractivity (Wildman–Crippen MR) is 34.4 cm³/mol. The number of hydrogen-bond donors (Lipinski definition) is 1. The first kappa shape index (κ1) is 8.69. The lowest BCUT2D eigenvalue weighted by Crippen LogP contribution is -2.22. The van der Waals surface area contributed by atoms with E-state index < -0.39 is 12.7 Å². The first-order chi connectivity index (χ1) is 5.58. The van der Waals surface area contributed by atoms with E-state index in [2.05, 4.69) is 15.0 Å². The fourth-order valence-electron chi connectivity index (χ4n) is 0.510. The zero-order chi connectivity index (χ0) is 9.03. The standard InChI is InChI=1S/C5H5F3N4/c6-5(7,8)1-10-4-11-2-9-3-12-4/h2-3H,1H2,(H,9,10,11,12). The van der Waals surface area contributed by atoms with E-state index >= 15 is 0 Å². The summed E-state index contributed by atoms with van der Waals surface area (Å²) >= 11 is 0. The highest BCUT2D eigenvalue weighted by Gasteiger charge is 2.26. The molecule has 0 aliphatic rings. The van der Waals surface area contributed by atoms with Crippen molar-refractivity contribution in [2.24, 2.45) is 0 Å². The van der Waals surface area contributed by atoms with Crippen LogP contribution in [-0.2, 0) is 0 Å². The van der Waals surface area contributed by atoms with Crippen LogP contribution in [0, 0.1) is 0 Å². The van der Waals surface area contributed by atoms with Gasteiger partial charge in [0.15, 0.2) is 0 Å². The van der Waals surface area contributed by atoms with E-state index in [-0.39, 0.29) is 5.95 Å². The SMILES string of the molecule is FC(F)(F)CNc1ncncn1. The number of rotatable bonds is 2. The topological polar surface area (TPSA) is 50.7 Å². The monoisotopic (exact) mass is 178 g/mol. The molecule has 0 aromatic carbocycles. The maximum atomic E-state index is 11.6. The minimum atomic E-state index is -4.26. The highest BCUT2D eigenvalue weighted by molar-refractivity contribution is 5.20. The molecule has 0 aliphatic carbocycles. The summed E-state index contributed by atoms with van der Waals surface area (Å²) < 4.78 is 34.8. The Hall–Kier alpha value is -1.40. The van der Waals surface area contributed by atoms with Gasteiger partial charge in [0.25, 0.3) is 0 Å². The maximum absolute atomic E-state index is 11.6. The molecule has 7 heteroatoms. The van der Waals surface area contributed by atoms with Gasteiger partial charge >= 0.3 is 6.18 Å². The fourth-order valence-corrected chi connectivity index (χ4v) is 0.510. The van der Waals surface area contributed by atoms with E-state index in [1.165, 1.54) is 0 Å². The Bertz CT molecular complexity index is 234. The number of nitrogens with zero attached hydrogens (tertiary/aromatic N) is 3. The fraction of sp³-hybridized carbons (Fsp3) is 0.400. The third kappa shape index (κ3) is 3.13. The summed E-state index contributed by atoms with van der Waals surface area (Å²) in [6.07, 6.45) is -2.02. The van der Waals surface area contributed by atoms with Crippen molar-refractivity contribution >= 4 is 5.95 Å². The van der Waals surface area contributed by atoms with Crippen LogP contribution < -0.4 is 5.32 Å². The van der Waals surface area contributed by atoms with Gasteiger partial charge in [-0.15, -0.1) is 0 Å². The quantitative estimate of drug-likeness (QED) is 0.729. The number of anilines is 1.